The fourth-order valence-electron chi connectivity index (χ4n) is 1.62. The Hall–Kier alpha value is -0.330. The van der Waals surface area contributed by atoms with Crippen molar-refractivity contribution >= 4 is 0 Å². The van der Waals surface area contributed by atoms with E-state index >= 15 is 0 Å². The Kier molecular flexibility index (Phi) is 6.08. The first-order valence-electron chi connectivity index (χ1n) is 5.61. The predicted molar refractivity (Wildman–Crippen MR) is 52.8 cm³/mol. The van der Waals surface area contributed by atoms with Crippen LogP contribution in [0.15, 0.2) is 0 Å². The summed E-state index contributed by atoms with van der Waals surface area (Å²) in [6.45, 7) is -0.550. The van der Waals surface area contributed by atoms with E-state index in [2.05, 4.69) is 10.2 Å². The van der Waals surface area contributed by atoms with Crippen LogP contribution in [0.2, 0.25) is 0 Å². The smallest absolute Gasteiger partial charge is 0.372 e. The molecule has 0 spiro atoms. The Bertz CT molecular complexity index is 181. The quantitative estimate of drug-likeness (QED) is 0.548. The van der Waals surface area contributed by atoms with Crippen LogP contribution in [-0.4, -0.2) is 32.0 Å². The van der Waals surface area contributed by atoms with Crippen LogP contribution in [0, 0.1) is 0 Å². The molecule has 96 valence electrons. The first-order chi connectivity index (χ1) is 7.58. The van der Waals surface area contributed by atoms with Gasteiger partial charge < -0.3 is 4.74 Å². The van der Waals surface area contributed by atoms with Gasteiger partial charge in [0.2, 0.25) is 0 Å². The molecule has 0 amide bonds. The molecule has 1 saturated carbocycles. The van der Waals surface area contributed by atoms with E-state index in [1.807, 2.05) is 0 Å². The Morgan fingerprint density at radius 1 is 1.19 bits per heavy atom. The molecule has 1 N–H and O–H groups in total. The molecule has 0 aromatic carbocycles. The SMILES string of the molecule is FC(F)(F)COCCCNOC1CCCC1. The largest absolute Gasteiger partial charge is 0.411 e. The second kappa shape index (κ2) is 7.09. The second-order valence-corrected chi connectivity index (χ2v) is 3.94. The van der Waals surface area contributed by atoms with E-state index in [-0.39, 0.29) is 12.7 Å². The summed E-state index contributed by atoms with van der Waals surface area (Å²) in [5, 5.41) is 0. The third-order valence-electron chi connectivity index (χ3n) is 2.39. The van der Waals surface area contributed by atoms with Gasteiger partial charge in [-0.2, -0.15) is 13.2 Å². The summed E-state index contributed by atoms with van der Waals surface area (Å²) in [4.78, 5) is 5.32. The molecule has 0 aliphatic heterocycles. The molecule has 1 aliphatic carbocycles. The zero-order valence-corrected chi connectivity index (χ0v) is 9.18. The molecule has 6 heteroatoms. The van der Waals surface area contributed by atoms with Gasteiger partial charge in [0.1, 0.15) is 6.61 Å². The highest BCUT2D eigenvalue weighted by molar-refractivity contribution is 4.65. The number of hydrogen-bond donors (Lipinski definition) is 1. The lowest BCUT2D eigenvalue weighted by Gasteiger charge is -2.11. The minimum Gasteiger partial charge on any atom is -0.372 e. The van der Waals surface area contributed by atoms with Crippen molar-refractivity contribution in [2.24, 2.45) is 0 Å². The summed E-state index contributed by atoms with van der Waals surface area (Å²) in [5.74, 6) is 0. The average Bonchev–Trinajstić information content (AvgIpc) is 2.67. The lowest BCUT2D eigenvalue weighted by atomic mass is 10.3. The summed E-state index contributed by atoms with van der Waals surface area (Å²) >= 11 is 0. The Labute approximate surface area is 93.2 Å². The Balaban J connectivity index is 1.81. The van der Waals surface area contributed by atoms with Crippen LogP contribution in [0.3, 0.4) is 0 Å². The number of nitrogens with one attached hydrogen (secondary N) is 1. The molecule has 1 rings (SSSR count). The van der Waals surface area contributed by atoms with Gasteiger partial charge in [-0.25, -0.2) is 5.48 Å². The molecule has 0 unspecified atom stereocenters. The molecule has 0 aromatic rings. The molecule has 16 heavy (non-hydrogen) atoms. The highest BCUT2D eigenvalue weighted by Crippen LogP contribution is 2.19. The van der Waals surface area contributed by atoms with Crippen LogP contribution >= 0.6 is 0 Å². The topological polar surface area (TPSA) is 30.5 Å². The van der Waals surface area contributed by atoms with Crippen molar-refractivity contribution in [3.05, 3.63) is 0 Å². The van der Waals surface area contributed by atoms with E-state index in [0.29, 0.717) is 13.0 Å². The molecule has 3 nitrogen and oxygen atoms in total. The van der Waals surface area contributed by atoms with E-state index < -0.39 is 12.8 Å². The van der Waals surface area contributed by atoms with Crippen LogP contribution in [0.5, 0.6) is 0 Å². The van der Waals surface area contributed by atoms with Gasteiger partial charge in [0.05, 0.1) is 6.10 Å². The average molecular weight is 241 g/mol. The Morgan fingerprint density at radius 2 is 1.88 bits per heavy atom. The molecule has 0 aromatic heterocycles. The van der Waals surface area contributed by atoms with Gasteiger partial charge in [0, 0.05) is 13.2 Å². The van der Waals surface area contributed by atoms with E-state index in [1.165, 1.54) is 12.8 Å². The lowest BCUT2D eigenvalue weighted by molar-refractivity contribution is -0.174. The molecular formula is C10H18F3NO2. The van der Waals surface area contributed by atoms with Gasteiger partial charge in [-0.3, -0.25) is 4.84 Å². The summed E-state index contributed by atoms with van der Waals surface area (Å²) in [6, 6.07) is 0. The van der Waals surface area contributed by atoms with Gasteiger partial charge in [0.15, 0.2) is 0 Å². The van der Waals surface area contributed by atoms with Gasteiger partial charge in [-0.15, -0.1) is 0 Å². The van der Waals surface area contributed by atoms with Crippen LogP contribution in [0.1, 0.15) is 32.1 Å². The third-order valence-corrected chi connectivity index (χ3v) is 2.39. The van der Waals surface area contributed by atoms with Crippen molar-refractivity contribution in [1.29, 1.82) is 0 Å². The lowest BCUT2D eigenvalue weighted by Crippen LogP contribution is -2.24. The number of alkyl halides is 3. The monoisotopic (exact) mass is 241 g/mol. The van der Waals surface area contributed by atoms with E-state index in [1.54, 1.807) is 0 Å². The maximum atomic E-state index is 11.7. The van der Waals surface area contributed by atoms with Crippen molar-refractivity contribution < 1.29 is 22.7 Å². The van der Waals surface area contributed by atoms with Crippen LogP contribution in [-0.2, 0) is 9.57 Å². The van der Waals surface area contributed by atoms with Crippen molar-refractivity contribution in [1.82, 2.24) is 5.48 Å². The maximum Gasteiger partial charge on any atom is 0.411 e. The minimum absolute atomic E-state index is 0.0978. The number of ether oxygens (including phenoxy) is 1. The normalized spacial score (nSPS) is 18.2. The van der Waals surface area contributed by atoms with Crippen molar-refractivity contribution in [2.75, 3.05) is 19.8 Å². The summed E-state index contributed by atoms with van der Waals surface area (Å²) in [7, 11) is 0. The van der Waals surface area contributed by atoms with Crippen molar-refractivity contribution in [3.8, 4) is 0 Å². The standard InChI is InChI=1S/C10H18F3NO2/c11-10(12,13)8-15-7-3-6-14-16-9-4-1-2-5-9/h9,14H,1-8H2. The summed E-state index contributed by atoms with van der Waals surface area (Å²) in [5.41, 5.74) is 2.76. The van der Waals surface area contributed by atoms with E-state index in [0.717, 1.165) is 12.8 Å². The molecule has 0 atom stereocenters. The van der Waals surface area contributed by atoms with E-state index in [4.69, 9.17) is 4.84 Å². The molecule has 0 saturated heterocycles. The fourth-order valence-corrected chi connectivity index (χ4v) is 1.62. The molecule has 0 radical (unpaired) electrons. The van der Waals surface area contributed by atoms with Gasteiger partial charge in [-0.05, 0) is 19.3 Å². The van der Waals surface area contributed by atoms with Crippen LogP contribution in [0.25, 0.3) is 0 Å². The highest BCUT2D eigenvalue weighted by atomic mass is 19.4. The highest BCUT2D eigenvalue weighted by Gasteiger charge is 2.27. The number of hydroxylamine groups is 1. The van der Waals surface area contributed by atoms with Gasteiger partial charge in [-0.1, -0.05) is 12.8 Å². The maximum absolute atomic E-state index is 11.7. The molecule has 0 bridgehead atoms. The minimum atomic E-state index is -4.23. The Morgan fingerprint density at radius 3 is 2.50 bits per heavy atom. The number of rotatable bonds is 7. The van der Waals surface area contributed by atoms with E-state index in [9.17, 15) is 13.2 Å². The first-order valence-corrected chi connectivity index (χ1v) is 5.61. The predicted octanol–water partition coefficient (Wildman–Crippen LogP) is 2.42. The van der Waals surface area contributed by atoms with Crippen LogP contribution < -0.4 is 5.48 Å². The van der Waals surface area contributed by atoms with Gasteiger partial charge >= 0.3 is 6.18 Å². The zero-order valence-electron chi connectivity index (χ0n) is 9.18. The number of hydrogen-bond acceptors (Lipinski definition) is 3. The zero-order chi connectivity index (χ0) is 11.9. The molecule has 1 aliphatic rings. The second-order valence-electron chi connectivity index (χ2n) is 3.94. The molecular weight excluding hydrogens is 223 g/mol. The van der Waals surface area contributed by atoms with Crippen molar-refractivity contribution in [2.45, 2.75) is 44.4 Å². The number of halogens is 3. The molecule has 0 heterocycles. The summed E-state index contributed by atoms with van der Waals surface area (Å²) < 4.78 is 39.5. The summed E-state index contributed by atoms with van der Waals surface area (Å²) in [6.07, 6.45) is 1.09. The van der Waals surface area contributed by atoms with Crippen molar-refractivity contribution in [3.63, 3.8) is 0 Å². The fraction of sp³-hybridized carbons (Fsp3) is 1.00. The van der Waals surface area contributed by atoms with Gasteiger partial charge in [0.25, 0.3) is 0 Å². The third kappa shape index (κ3) is 7.03. The molecule has 1 fully saturated rings. The first kappa shape index (κ1) is 13.7. The van der Waals surface area contributed by atoms with Crippen LogP contribution in [0.4, 0.5) is 13.2 Å².